The summed E-state index contributed by atoms with van der Waals surface area (Å²) in [5.74, 6) is 1.28. The number of piperazine rings is 2. The Morgan fingerprint density at radius 1 is 1.00 bits per heavy atom. The third-order valence-corrected chi connectivity index (χ3v) is 4.88. The number of rotatable bonds is 4. The number of hydrogen-bond donors (Lipinski definition) is 0. The lowest BCUT2D eigenvalue weighted by Gasteiger charge is -2.38. The molecule has 0 unspecified atom stereocenters. The molecule has 2 fully saturated rings. The minimum Gasteiger partial charge on any atom is -0.353 e. The second kappa shape index (κ2) is 7.75. The first-order chi connectivity index (χ1) is 11.3. The van der Waals surface area contributed by atoms with Crippen LogP contribution < -0.4 is 4.90 Å². The van der Waals surface area contributed by atoms with Crippen molar-refractivity contribution in [1.29, 1.82) is 0 Å². The molecule has 6 nitrogen and oxygen atoms in total. The van der Waals surface area contributed by atoms with Crippen LogP contribution in [0.15, 0.2) is 24.4 Å². The van der Waals surface area contributed by atoms with Gasteiger partial charge in [-0.05, 0) is 18.7 Å². The number of hydrogen-bond acceptors (Lipinski definition) is 5. The van der Waals surface area contributed by atoms with Crippen LogP contribution in [0.2, 0.25) is 0 Å². The highest BCUT2D eigenvalue weighted by atomic mass is 16.2. The number of amides is 1. The van der Waals surface area contributed by atoms with E-state index in [1.54, 1.807) is 0 Å². The number of anilines is 1. The van der Waals surface area contributed by atoms with Crippen LogP contribution in [-0.4, -0.2) is 91.0 Å². The van der Waals surface area contributed by atoms with Crippen LogP contribution >= 0.6 is 0 Å². The summed E-state index contributed by atoms with van der Waals surface area (Å²) in [6, 6.07) is 5.97. The van der Waals surface area contributed by atoms with Gasteiger partial charge in [-0.3, -0.25) is 9.69 Å². The Morgan fingerprint density at radius 2 is 1.70 bits per heavy atom. The van der Waals surface area contributed by atoms with Gasteiger partial charge < -0.3 is 14.7 Å². The average Bonchev–Trinajstić information content (AvgIpc) is 2.63. The molecule has 1 aromatic heterocycles. The van der Waals surface area contributed by atoms with Crippen LogP contribution in [0.3, 0.4) is 0 Å². The van der Waals surface area contributed by atoms with Gasteiger partial charge in [0.25, 0.3) is 0 Å². The molecule has 3 rings (SSSR count). The largest absolute Gasteiger partial charge is 0.353 e. The Balaban J connectivity index is 1.43. The van der Waals surface area contributed by atoms with E-state index in [0.29, 0.717) is 6.54 Å². The van der Waals surface area contributed by atoms with Crippen molar-refractivity contribution >= 4 is 11.7 Å². The molecule has 0 aromatic carbocycles. The van der Waals surface area contributed by atoms with Crippen LogP contribution in [0.25, 0.3) is 0 Å². The lowest BCUT2D eigenvalue weighted by Crippen LogP contribution is -2.53. The summed E-state index contributed by atoms with van der Waals surface area (Å²) >= 11 is 0. The molecule has 23 heavy (non-hydrogen) atoms. The third kappa shape index (κ3) is 4.20. The molecule has 0 N–H and O–H groups in total. The molecule has 0 spiro atoms. The molecule has 2 saturated heterocycles. The fourth-order valence-corrected chi connectivity index (χ4v) is 3.28. The maximum absolute atomic E-state index is 12.5. The summed E-state index contributed by atoms with van der Waals surface area (Å²) in [5, 5.41) is 0. The number of pyridine rings is 1. The van der Waals surface area contributed by atoms with Crippen molar-refractivity contribution in [3.63, 3.8) is 0 Å². The van der Waals surface area contributed by atoms with Crippen LogP contribution in [0.5, 0.6) is 0 Å². The van der Waals surface area contributed by atoms with Gasteiger partial charge in [-0.15, -0.1) is 0 Å². The molecular weight excluding hydrogens is 290 g/mol. The van der Waals surface area contributed by atoms with E-state index >= 15 is 0 Å². The maximum Gasteiger partial charge on any atom is 0.236 e. The van der Waals surface area contributed by atoms with Crippen LogP contribution in [0.4, 0.5) is 5.82 Å². The molecule has 0 saturated carbocycles. The number of aromatic nitrogens is 1. The van der Waals surface area contributed by atoms with Crippen LogP contribution in [-0.2, 0) is 4.79 Å². The van der Waals surface area contributed by atoms with Gasteiger partial charge in [-0.1, -0.05) is 13.0 Å². The Hall–Kier alpha value is -1.66. The molecule has 2 aliphatic heterocycles. The predicted molar refractivity (Wildman–Crippen MR) is 91.6 cm³/mol. The Bertz CT molecular complexity index is 493. The molecule has 2 aliphatic rings. The van der Waals surface area contributed by atoms with Crippen molar-refractivity contribution in [3.8, 4) is 0 Å². The first-order valence-corrected chi connectivity index (χ1v) is 8.64. The van der Waals surface area contributed by atoms with Crippen molar-refractivity contribution in [2.24, 2.45) is 0 Å². The first kappa shape index (κ1) is 16.2. The standard InChI is InChI=1S/C17H27N5O/c1-2-19-7-9-20(10-8-19)15-17(23)22-13-11-21(12-14-22)16-5-3-4-6-18-16/h3-6H,2,7-15H2,1H3. The van der Waals surface area contributed by atoms with Gasteiger partial charge in [0.2, 0.25) is 5.91 Å². The Labute approximate surface area is 138 Å². The van der Waals surface area contributed by atoms with Gasteiger partial charge >= 0.3 is 0 Å². The number of carbonyl (C=O) groups excluding carboxylic acids is 1. The van der Waals surface area contributed by atoms with Crippen molar-refractivity contribution in [2.75, 3.05) is 70.3 Å². The number of nitrogens with zero attached hydrogens (tertiary/aromatic N) is 5. The molecular formula is C17H27N5O. The highest BCUT2D eigenvalue weighted by Crippen LogP contribution is 2.13. The van der Waals surface area contributed by atoms with Gasteiger partial charge in [-0.25, -0.2) is 4.98 Å². The molecule has 0 radical (unpaired) electrons. The second-order valence-electron chi connectivity index (χ2n) is 6.27. The highest BCUT2D eigenvalue weighted by Gasteiger charge is 2.24. The minimum absolute atomic E-state index is 0.274. The van der Waals surface area contributed by atoms with Crippen LogP contribution in [0.1, 0.15) is 6.92 Å². The van der Waals surface area contributed by atoms with E-state index in [9.17, 15) is 4.79 Å². The van der Waals surface area contributed by atoms with E-state index < -0.39 is 0 Å². The third-order valence-electron chi connectivity index (χ3n) is 4.88. The summed E-state index contributed by atoms with van der Waals surface area (Å²) in [4.78, 5) is 25.9. The van der Waals surface area contributed by atoms with E-state index in [-0.39, 0.29) is 5.91 Å². The van der Waals surface area contributed by atoms with Crippen molar-refractivity contribution in [2.45, 2.75) is 6.92 Å². The summed E-state index contributed by atoms with van der Waals surface area (Å²) in [7, 11) is 0. The Morgan fingerprint density at radius 3 is 2.30 bits per heavy atom. The smallest absolute Gasteiger partial charge is 0.236 e. The summed E-state index contributed by atoms with van der Waals surface area (Å²) in [6.07, 6.45) is 1.82. The van der Waals surface area contributed by atoms with Gasteiger partial charge in [0, 0.05) is 58.6 Å². The number of likely N-dealkylation sites (N-methyl/N-ethyl adjacent to an activating group) is 1. The van der Waals surface area contributed by atoms with Gasteiger partial charge in [0.1, 0.15) is 5.82 Å². The van der Waals surface area contributed by atoms with E-state index in [4.69, 9.17) is 0 Å². The quantitative estimate of drug-likeness (QED) is 0.803. The fraction of sp³-hybridized carbons (Fsp3) is 0.647. The van der Waals surface area contributed by atoms with Gasteiger partial charge in [0.15, 0.2) is 0 Å². The van der Waals surface area contributed by atoms with E-state index in [1.807, 2.05) is 29.3 Å². The summed E-state index contributed by atoms with van der Waals surface area (Å²) in [6.45, 7) is 11.4. The van der Waals surface area contributed by atoms with E-state index in [0.717, 1.165) is 64.7 Å². The zero-order valence-electron chi connectivity index (χ0n) is 14.0. The first-order valence-electron chi connectivity index (χ1n) is 8.64. The predicted octanol–water partition coefficient (Wildman–Crippen LogP) is 0.368. The van der Waals surface area contributed by atoms with Gasteiger partial charge in [0.05, 0.1) is 6.54 Å². The molecule has 6 heteroatoms. The normalized spacial score (nSPS) is 20.7. The molecule has 0 bridgehead atoms. The SMILES string of the molecule is CCN1CCN(CC(=O)N2CCN(c3ccccn3)CC2)CC1. The topological polar surface area (TPSA) is 42.9 Å². The Kier molecular flexibility index (Phi) is 5.46. The van der Waals surface area contributed by atoms with Gasteiger partial charge in [-0.2, -0.15) is 0 Å². The van der Waals surface area contributed by atoms with Crippen molar-refractivity contribution in [1.82, 2.24) is 19.7 Å². The second-order valence-corrected chi connectivity index (χ2v) is 6.27. The summed E-state index contributed by atoms with van der Waals surface area (Å²) in [5.41, 5.74) is 0. The minimum atomic E-state index is 0.274. The number of carbonyl (C=O) groups is 1. The molecule has 0 aliphatic carbocycles. The fourth-order valence-electron chi connectivity index (χ4n) is 3.28. The average molecular weight is 317 g/mol. The highest BCUT2D eigenvalue weighted by molar-refractivity contribution is 5.78. The van der Waals surface area contributed by atoms with E-state index in [2.05, 4.69) is 26.6 Å². The van der Waals surface area contributed by atoms with Crippen LogP contribution in [0, 0.1) is 0 Å². The van der Waals surface area contributed by atoms with Crippen molar-refractivity contribution in [3.05, 3.63) is 24.4 Å². The zero-order chi connectivity index (χ0) is 16.1. The summed E-state index contributed by atoms with van der Waals surface area (Å²) < 4.78 is 0. The van der Waals surface area contributed by atoms with E-state index in [1.165, 1.54) is 0 Å². The molecule has 0 atom stereocenters. The lowest BCUT2D eigenvalue weighted by atomic mass is 10.2. The lowest BCUT2D eigenvalue weighted by molar-refractivity contribution is -0.133. The monoisotopic (exact) mass is 317 g/mol. The van der Waals surface area contributed by atoms with Crippen molar-refractivity contribution < 1.29 is 4.79 Å². The zero-order valence-corrected chi connectivity index (χ0v) is 14.0. The molecule has 1 amide bonds. The maximum atomic E-state index is 12.5. The molecule has 3 heterocycles. The molecule has 1 aromatic rings. The molecule has 126 valence electrons.